The largest absolute Gasteiger partial charge is 0.464 e. The molecule has 2 aliphatic carbocycles. The average molecular weight is 659 g/mol. The van der Waals surface area contributed by atoms with Crippen molar-refractivity contribution in [1.82, 2.24) is 10.2 Å². The first kappa shape index (κ1) is 36.9. The predicted molar refractivity (Wildman–Crippen MR) is 164 cm³/mol. The SMILES string of the molecule is CC(C)(SC(=O)OCOC(=O)C1CCCCC1)[C@@H](NC(=O)OCOC(=O)C1CCCCC1)C(=O)OCCCCN1CCOCC1. The zero-order valence-electron chi connectivity index (χ0n) is 26.7. The van der Waals surface area contributed by atoms with Crippen molar-refractivity contribution in [2.75, 3.05) is 53.0 Å². The topological polar surface area (TPSA) is 156 Å². The molecule has 0 radical (unpaired) electrons. The number of carbonyl (C=O) groups excluding carboxylic acids is 5. The number of hydrogen-bond acceptors (Lipinski definition) is 13. The molecule has 1 heterocycles. The number of carbonyl (C=O) groups is 5. The molecule has 1 atom stereocenters. The van der Waals surface area contributed by atoms with Crippen LogP contribution in [0.3, 0.4) is 0 Å². The van der Waals surface area contributed by atoms with Crippen LogP contribution in [0.25, 0.3) is 0 Å². The molecule has 0 aromatic rings. The van der Waals surface area contributed by atoms with Gasteiger partial charge in [0.25, 0.3) is 0 Å². The van der Waals surface area contributed by atoms with Crippen molar-refractivity contribution in [3.05, 3.63) is 0 Å². The Balaban J connectivity index is 1.48. The van der Waals surface area contributed by atoms with Crippen molar-refractivity contribution < 1.29 is 52.4 Å². The van der Waals surface area contributed by atoms with Crippen LogP contribution in [0, 0.1) is 11.8 Å². The number of morpholine rings is 1. The summed E-state index contributed by atoms with van der Waals surface area (Å²) >= 11 is 0.650. The van der Waals surface area contributed by atoms with Gasteiger partial charge in [-0.2, -0.15) is 0 Å². The summed E-state index contributed by atoms with van der Waals surface area (Å²) in [4.78, 5) is 65.3. The number of rotatable bonds is 15. The molecule has 1 amide bonds. The van der Waals surface area contributed by atoms with Crippen LogP contribution in [0.2, 0.25) is 0 Å². The normalized spacial score (nSPS) is 19.2. The molecule has 2 saturated carbocycles. The Bertz CT molecular complexity index is 961. The molecule has 1 saturated heterocycles. The summed E-state index contributed by atoms with van der Waals surface area (Å²) in [6.45, 7) is 6.11. The number of esters is 3. The van der Waals surface area contributed by atoms with Crippen LogP contribution >= 0.6 is 11.8 Å². The molecule has 3 rings (SSSR count). The maximum absolute atomic E-state index is 13.2. The highest BCUT2D eigenvalue weighted by Crippen LogP contribution is 2.31. The van der Waals surface area contributed by atoms with Crippen LogP contribution in [-0.2, 0) is 42.8 Å². The molecule has 14 heteroatoms. The Morgan fingerprint density at radius 2 is 1.33 bits per heavy atom. The Kier molecular flexibility index (Phi) is 16.3. The minimum atomic E-state index is -1.32. The number of thioether (sulfide) groups is 1. The monoisotopic (exact) mass is 658 g/mol. The van der Waals surface area contributed by atoms with Crippen molar-refractivity contribution in [3.8, 4) is 0 Å². The highest BCUT2D eigenvalue weighted by atomic mass is 32.2. The third-order valence-corrected chi connectivity index (χ3v) is 9.45. The van der Waals surface area contributed by atoms with Crippen LogP contribution < -0.4 is 5.32 Å². The zero-order chi connectivity index (χ0) is 32.5. The summed E-state index contributed by atoms with van der Waals surface area (Å²) < 4.78 is 30.0. The maximum atomic E-state index is 13.2. The van der Waals surface area contributed by atoms with E-state index in [4.69, 9.17) is 28.4 Å². The van der Waals surface area contributed by atoms with Gasteiger partial charge in [-0.3, -0.25) is 14.5 Å². The van der Waals surface area contributed by atoms with Gasteiger partial charge in [0.05, 0.1) is 36.4 Å². The summed E-state index contributed by atoms with van der Waals surface area (Å²) in [6, 6.07) is -1.32. The fraction of sp³-hybridized carbons (Fsp3) is 0.839. The lowest BCUT2D eigenvalue weighted by molar-refractivity contribution is -0.159. The molecule has 0 unspecified atom stereocenters. The molecule has 3 fully saturated rings. The predicted octanol–water partition coefficient (Wildman–Crippen LogP) is 4.55. The van der Waals surface area contributed by atoms with E-state index in [1.165, 1.54) is 0 Å². The highest BCUT2D eigenvalue weighted by molar-refractivity contribution is 8.14. The highest BCUT2D eigenvalue weighted by Gasteiger charge is 2.41. The number of alkyl carbamates (subject to hydrolysis) is 1. The van der Waals surface area contributed by atoms with E-state index in [0.717, 1.165) is 90.3 Å². The second-order valence-electron chi connectivity index (χ2n) is 12.3. The third-order valence-electron chi connectivity index (χ3n) is 8.40. The quantitative estimate of drug-likeness (QED) is 0.113. The minimum absolute atomic E-state index is 0.123. The minimum Gasteiger partial charge on any atom is -0.464 e. The Hall–Kier alpha value is -2.58. The molecule has 0 spiro atoms. The first-order valence-electron chi connectivity index (χ1n) is 16.2. The molecule has 256 valence electrons. The number of nitrogens with one attached hydrogen (secondary N) is 1. The third kappa shape index (κ3) is 13.7. The molecule has 1 N–H and O–H groups in total. The number of nitrogens with zero attached hydrogens (tertiary/aromatic N) is 1. The summed E-state index contributed by atoms with van der Waals surface area (Å²) in [7, 11) is 0. The van der Waals surface area contributed by atoms with Gasteiger partial charge in [-0.1, -0.05) is 38.5 Å². The van der Waals surface area contributed by atoms with Crippen molar-refractivity contribution in [2.24, 2.45) is 11.8 Å². The van der Waals surface area contributed by atoms with Crippen LogP contribution in [0.5, 0.6) is 0 Å². The van der Waals surface area contributed by atoms with E-state index in [-0.39, 0.29) is 18.4 Å². The van der Waals surface area contributed by atoms with Crippen LogP contribution in [0.4, 0.5) is 9.59 Å². The molecule has 1 aliphatic heterocycles. The van der Waals surface area contributed by atoms with Crippen LogP contribution in [-0.4, -0.2) is 98.0 Å². The fourth-order valence-corrected chi connectivity index (χ4v) is 6.50. The van der Waals surface area contributed by atoms with Gasteiger partial charge < -0.3 is 33.7 Å². The number of ether oxygens (including phenoxy) is 6. The van der Waals surface area contributed by atoms with E-state index in [1.54, 1.807) is 13.8 Å². The Labute approximate surface area is 270 Å². The van der Waals surface area contributed by atoms with E-state index in [2.05, 4.69) is 10.2 Å². The summed E-state index contributed by atoms with van der Waals surface area (Å²) in [6.07, 6.45) is 9.43. The van der Waals surface area contributed by atoms with E-state index in [1.807, 2.05) is 0 Å². The van der Waals surface area contributed by atoms with Gasteiger partial charge in [0, 0.05) is 13.1 Å². The molecule has 45 heavy (non-hydrogen) atoms. The Morgan fingerprint density at radius 1 is 0.778 bits per heavy atom. The molecular formula is C31H50N2O11S. The summed E-state index contributed by atoms with van der Waals surface area (Å²) in [5, 5.41) is 1.67. The Morgan fingerprint density at radius 3 is 1.91 bits per heavy atom. The zero-order valence-corrected chi connectivity index (χ0v) is 27.5. The van der Waals surface area contributed by atoms with E-state index in [0.29, 0.717) is 31.4 Å². The van der Waals surface area contributed by atoms with Gasteiger partial charge in [0.2, 0.25) is 13.6 Å². The summed E-state index contributed by atoms with van der Waals surface area (Å²) in [5.41, 5.74) is 0. The second kappa shape index (κ2) is 19.8. The van der Waals surface area contributed by atoms with Crippen molar-refractivity contribution >= 4 is 41.1 Å². The molecular weight excluding hydrogens is 608 g/mol. The number of hydrogen-bond donors (Lipinski definition) is 1. The van der Waals surface area contributed by atoms with E-state index >= 15 is 0 Å². The fourth-order valence-electron chi connectivity index (χ4n) is 5.69. The lowest BCUT2D eigenvalue weighted by Gasteiger charge is -2.31. The van der Waals surface area contributed by atoms with Crippen molar-refractivity contribution in [1.29, 1.82) is 0 Å². The van der Waals surface area contributed by atoms with Crippen molar-refractivity contribution in [3.63, 3.8) is 0 Å². The molecule has 0 aromatic carbocycles. The van der Waals surface area contributed by atoms with Gasteiger partial charge in [-0.25, -0.2) is 14.4 Å². The van der Waals surface area contributed by atoms with Gasteiger partial charge in [-0.15, -0.1) is 0 Å². The summed E-state index contributed by atoms with van der Waals surface area (Å²) in [5.74, 6) is -1.97. The van der Waals surface area contributed by atoms with Crippen LogP contribution in [0.1, 0.15) is 90.9 Å². The van der Waals surface area contributed by atoms with Gasteiger partial charge in [0.15, 0.2) is 0 Å². The molecule has 13 nitrogen and oxygen atoms in total. The maximum Gasteiger partial charge on any atom is 0.410 e. The molecule has 3 aliphatic rings. The lowest BCUT2D eigenvalue weighted by Crippen LogP contribution is -2.54. The number of amides is 1. The first-order chi connectivity index (χ1) is 21.7. The standard InChI is InChI=1S/C31H50N2O11S/c1-31(2,45-30(38)44-22-42-27(35)24-13-7-4-8-14-24)25(28(36)40-18-10-9-15-33-16-19-39-20-17-33)32-29(37)43-21-41-26(34)23-11-5-3-6-12-23/h23-25H,3-22H2,1-2H3,(H,32,37)/t25-/m0/s1. The van der Waals surface area contributed by atoms with Gasteiger partial charge >= 0.3 is 29.3 Å². The van der Waals surface area contributed by atoms with E-state index in [9.17, 15) is 24.0 Å². The molecule has 0 bridgehead atoms. The van der Waals surface area contributed by atoms with Crippen LogP contribution in [0.15, 0.2) is 0 Å². The van der Waals surface area contributed by atoms with E-state index < -0.39 is 53.7 Å². The van der Waals surface area contributed by atoms with Gasteiger partial charge in [-0.05, 0) is 70.7 Å². The first-order valence-corrected chi connectivity index (χ1v) is 17.1. The lowest BCUT2D eigenvalue weighted by atomic mass is 9.89. The average Bonchev–Trinajstić information content (AvgIpc) is 3.04. The molecule has 0 aromatic heterocycles. The number of unbranched alkanes of at least 4 members (excludes halogenated alkanes) is 1. The van der Waals surface area contributed by atoms with Gasteiger partial charge in [0.1, 0.15) is 6.04 Å². The smallest absolute Gasteiger partial charge is 0.410 e. The van der Waals surface area contributed by atoms with Crippen molar-refractivity contribution in [2.45, 2.75) is 102 Å². The second-order valence-corrected chi connectivity index (χ2v) is 13.9.